The highest BCUT2D eigenvalue weighted by molar-refractivity contribution is 5.85. The number of likely N-dealkylation sites (tertiary alicyclic amines) is 1. The van der Waals surface area contributed by atoms with Crippen molar-refractivity contribution in [3.8, 4) is 0 Å². The van der Waals surface area contributed by atoms with Crippen LogP contribution in [-0.2, 0) is 13.6 Å². The average Bonchev–Trinajstić information content (AvgIpc) is 3.08. The van der Waals surface area contributed by atoms with Gasteiger partial charge in [-0.05, 0) is 32.4 Å². The molecule has 0 aliphatic carbocycles. The van der Waals surface area contributed by atoms with Crippen molar-refractivity contribution >= 4 is 16.9 Å². The predicted molar refractivity (Wildman–Crippen MR) is 107 cm³/mol. The summed E-state index contributed by atoms with van der Waals surface area (Å²) in [5.41, 5.74) is 1.52. The summed E-state index contributed by atoms with van der Waals surface area (Å²) in [4.78, 5) is 23.1. The second kappa shape index (κ2) is 8.05. The van der Waals surface area contributed by atoms with Crippen LogP contribution >= 0.6 is 0 Å². The maximum atomic E-state index is 12.0. The molecule has 1 saturated heterocycles. The number of anilines is 1. The maximum Gasteiger partial charge on any atom is 0.266 e. The number of nitrogens with one attached hydrogen (secondary N) is 1. The smallest absolute Gasteiger partial charge is 0.266 e. The van der Waals surface area contributed by atoms with E-state index in [9.17, 15) is 4.79 Å². The summed E-state index contributed by atoms with van der Waals surface area (Å²) in [5.74, 6) is 0.820. The van der Waals surface area contributed by atoms with E-state index in [0.29, 0.717) is 18.2 Å². The van der Waals surface area contributed by atoms with Crippen molar-refractivity contribution in [1.29, 1.82) is 0 Å². The molecule has 9 heteroatoms. The largest absolute Gasteiger partial charge is 0.368 e. The zero-order valence-corrected chi connectivity index (χ0v) is 16.4. The topological polar surface area (TPSA) is 93.8 Å². The molecule has 1 atom stereocenters. The summed E-state index contributed by atoms with van der Waals surface area (Å²) < 4.78 is 3.32. The lowest BCUT2D eigenvalue weighted by atomic mass is 10.0. The fourth-order valence-electron chi connectivity index (χ4n) is 3.83. The molecule has 28 heavy (non-hydrogen) atoms. The van der Waals surface area contributed by atoms with Gasteiger partial charge in [0.15, 0.2) is 5.65 Å². The van der Waals surface area contributed by atoms with E-state index in [1.54, 1.807) is 27.8 Å². The zero-order chi connectivity index (χ0) is 19.5. The average molecular weight is 382 g/mol. The Kier molecular flexibility index (Phi) is 5.34. The lowest BCUT2D eigenvalue weighted by Gasteiger charge is -2.35. The van der Waals surface area contributed by atoms with Gasteiger partial charge in [0.25, 0.3) is 5.56 Å². The molecule has 0 aromatic carbocycles. The van der Waals surface area contributed by atoms with E-state index in [1.807, 2.05) is 20.2 Å². The van der Waals surface area contributed by atoms with Gasteiger partial charge in [-0.2, -0.15) is 10.2 Å². The highest BCUT2D eigenvalue weighted by Crippen LogP contribution is 2.20. The van der Waals surface area contributed by atoms with E-state index in [-0.39, 0.29) is 5.56 Å². The van der Waals surface area contributed by atoms with Gasteiger partial charge >= 0.3 is 0 Å². The summed E-state index contributed by atoms with van der Waals surface area (Å²) in [7, 11) is 1.88. The van der Waals surface area contributed by atoms with Gasteiger partial charge < -0.3 is 5.32 Å². The number of hydrogen-bond donors (Lipinski definition) is 1. The Morgan fingerprint density at radius 3 is 2.96 bits per heavy atom. The first-order valence-electron chi connectivity index (χ1n) is 9.77. The fourth-order valence-corrected chi connectivity index (χ4v) is 3.83. The number of nitrogens with zero attached hydrogens (tertiary/aromatic N) is 7. The van der Waals surface area contributed by atoms with E-state index in [4.69, 9.17) is 0 Å². The minimum absolute atomic E-state index is 0.0442. The second-order valence-corrected chi connectivity index (χ2v) is 7.36. The number of piperidine rings is 1. The molecule has 3 aromatic rings. The van der Waals surface area contributed by atoms with Gasteiger partial charge in [0.2, 0.25) is 0 Å². The van der Waals surface area contributed by atoms with E-state index >= 15 is 0 Å². The van der Waals surface area contributed by atoms with Crippen LogP contribution in [-0.4, -0.2) is 60.1 Å². The molecule has 1 N–H and O–H groups in total. The van der Waals surface area contributed by atoms with Crippen LogP contribution in [0.25, 0.3) is 11.0 Å². The van der Waals surface area contributed by atoms with Gasteiger partial charge in [0.05, 0.1) is 17.6 Å². The number of aryl methyl sites for hydroxylation is 2. The van der Waals surface area contributed by atoms with Crippen LogP contribution in [0, 0.1) is 6.92 Å². The molecule has 4 heterocycles. The van der Waals surface area contributed by atoms with Crippen molar-refractivity contribution < 1.29 is 0 Å². The molecule has 1 fully saturated rings. The Morgan fingerprint density at radius 2 is 2.07 bits per heavy atom. The molecule has 0 spiro atoms. The lowest BCUT2D eigenvalue weighted by molar-refractivity contribution is 0.148. The van der Waals surface area contributed by atoms with E-state index in [1.165, 1.54) is 12.8 Å². The third-order valence-electron chi connectivity index (χ3n) is 5.28. The van der Waals surface area contributed by atoms with Gasteiger partial charge in [-0.3, -0.25) is 14.4 Å². The maximum absolute atomic E-state index is 12.0. The first-order valence-corrected chi connectivity index (χ1v) is 9.77. The quantitative estimate of drug-likeness (QED) is 0.684. The summed E-state index contributed by atoms with van der Waals surface area (Å²) in [6.45, 7) is 5.17. The molecule has 148 valence electrons. The Balaban J connectivity index is 1.42. The molecular formula is C19H26N8O. The van der Waals surface area contributed by atoms with Crippen LogP contribution in [0.3, 0.4) is 0 Å². The zero-order valence-electron chi connectivity index (χ0n) is 16.4. The Morgan fingerprint density at radius 1 is 1.18 bits per heavy atom. The summed E-state index contributed by atoms with van der Waals surface area (Å²) in [5, 5.41) is 13.1. The Bertz CT molecular complexity index is 1010. The van der Waals surface area contributed by atoms with Crippen molar-refractivity contribution in [2.24, 2.45) is 7.05 Å². The lowest BCUT2D eigenvalue weighted by Crippen LogP contribution is -2.45. The van der Waals surface area contributed by atoms with Crippen LogP contribution in [0.4, 0.5) is 5.82 Å². The van der Waals surface area contributed by atoms with Gasteiger partial charge in [-0.25, -0.2) is 14.6 Å². The van der Waals surface area contributed by atoms with Crippen LogP contribution in [0.1, 0.15) is 25.0 Å². The van der Waals surface area contributed by atoms with Crippen LogP contribution in [0.15, 0.2) is 29.5 Å². The first kappa shape index (κ1) is 18.5. The Labute approximate surface area is 163 Å². The SMILES string of the molecule is Cc1ccc(=O)n(CCN2CCCCC2CNc2ncnc3nn(C)cc23)n1. The van der Waals surface area contributed by atoms with Gasteiger partial charge in [0, 0.05) is 38.4 Å². The minimum Gasteiger partial charge on any atom is -0.368 e. The monoisotopic (exact) mass is 382 g/mol. The fraction of sp³-hybridized carbons (Fsp3) is 0.526. The highest BCUT2D eigenvalue weighted by Gasteiger charge is 2.22. The third kappa shape index (κ3) is 4.04. The minimum atomic E-state index is -0.0442. The molecule has 0 radical (unpaired) electrons. The number of fused-ring (bicyclic) bond motifs is 1. The highest BCUT2D eigenvalue weighted by atomic mass is 16.1. The summed E-state index contributed by atoms with van der Waals surface area (Å²) in [6, 6.07) is 3.75. The van der Waals surface area contributed by atoms with Crippen LogP contribution in [0.2, 0.25) is 0 Å². The third-order valence-corrected chi connectivity index (χ3v) is 5.28. The molecule has 1 unspecified atom stereocenters. The van der Waals surface area contributed by atoms with Crippen molar-refractivity contribution in [2.75, 3.05) is 25.0 Å². The standard InChI is InChI=1S/C19H26N8O/c1-14-6-7-17(28)27(23-14)10-9-26-8-4-3-5-15(26)11-20-18-16-12-25(2)24-19(16)22-13-21-18/h6-7,12-13,15H,3-5,8-11H2,1-2H3,(H,20,21,22,24). The molecular weight excluding hydrogens is 356 g/mol. The molecule has 0 bridgehead atoms. The number of aromatic nitrogens is 6. The molecule has 0 saturated carbocycles. The summed E-state index contributed by atoms with van der Waals surface area (Å²) >= 11 is 0. The van der Waals surface area contributed by atoms with Crippen molar-refractivity contribution in [2.45, 2.75) is 38.8 Å². The van der Waals surface area contributed by atoms with Crippen LogP contribution in [0.5, 0.6) is 0 Å². The summed E-state index contributed by atoms with van der Waals surface area (Å²) in [6.07, 6.45) is 7.02. The predicted octanol–water partition coefficient (Wildman–Crippen LogP) is 1.20. The van der Waals surface area contributed by atoms with Gasteiger partial charge in [-0.1, -0.05) is 6.42 Å². The van der Waals surface area contributed by atoms with E-state index in [0.717, 1.165) is 43.0 Å². The second-order valence-electron chi connectivity index (χ2n) is 7.36. The van der Waals surface area contributed by atoms with Crippen molar-refractivity contribution in [3.63, 3.8) is 0 Å². The van der Waals surface area contributed by atoms with Gasteiger partial charge in [0.1, 0.15) is 12.1 Å². The van der Waals surface area contributed by atoms with Crippen molar-refractivity contribution in [3.05, 3.63) is 40.7 Å². The van der Waals surface area contributed by atoms with Gasteiger partial charge in [-0.15, -0.1) is 0 Å². The molecule has 3 aromatic heterocycles. The van der Waals surface area contributed by atoms with Crippen molar-refractivity contribution in [1.82, 2.24) is 34.4 Å². The van der Waals surface area contributed by atoms with Crippen LogP contribution < -0.4 is 10.9 Å². The Hall–Kier alpha value is -2.81. The number of rotatable bonds is 6. The van der Waals surface area contributed by atoms with E-state index in [2.05, 4.69) is 30.4 Å². The normalized spacial score (nSPS) is 17.9. The molecule has 9 nitrogen and oxygen atoms in total. The molecule has 1 aliphatic rings. The number of hydrogen-bond acceptors (Lipinski definition) is 7. The molecule has 4 rings (SSSR count). The molecule has 1 aliphatic heterocycles. The van der Waals surface area contributed by atoms with E-state index < -0.39 is 0 Å². The first-order chi connectivity index (χ1) is 13.6. The molecule has 0 amide bonds.